The fourth-order valence-corrected chi connectivity index (χ4v) is 6.85. The maximum Gasteiger partial charge on any atom is 0.311 e. The SMILES string of the molecule is O=C(CCCCCSSCCCCCC(=O)Oc1ccc(C(=O)c2ccccc2)cc1)Oc1ccc(C(=O)c2ccccc2)cc1. The van der Waals surface area contributed by atoms with Gasteiger partial charge in [0.15, 0.2) is 11.6 Å². The highest BCUT2D eigenvalue weighted by Gasteiger charge is 2.11. The van der Waals surface area contributed by atoms with Crippen LogP contribution in [-0.4, -0.2) is 35.0 Å². The maximum atomic E-state index is 12.5. The second-order valence-corrected chi connectivity index (χ2v) is 13.4. The number of hydrogen-bond donors (Lipinski definition) is 0. The fraction of sp³-hybridized carbons (Fsp3) is 0.263. The second-order valence-electron chi connectivity index (χ2n) is 10.7. The predicted molar refractivity (Wildman–Crippen MR) is 186 cm³/mol. The number of rotatable bonds is 19. The molecule has 0 saturated carbocycles. The molecular weight excluding hydrogens is 617 g/mol. The molecule has 46 heavy (non-hydrogen) atoms. The highest BCUT2D eigenvalue weighted by Crippen LogP contribution is 2.25. The Morgan fingerprint density at radius 3 is 1.13 bits per heavy atom. The minimum Gasteiger partial charge on any atom is -0.427 e. The number of unbranched alkanes of at least 4 members (excludes halogenated alkanes) is 4. The number of carbonyl (C=O) groups excluding carboxylic acids is 4. The summed E-state index contributed by atoms with van der Waals surface area (Å²) in [5.74, 6) is 2.29. The Labute approximate surface area is 278 Å². The van der Waals surface area contributed by atoms with E-state index in [2.05, 4.69) is 0 Å². The van der Waals surface area contributed by atoms with Crippen molar-refractivity contribution >= 4 is 45.1 Å². The van der Waals surface area contributed by atoms with Crippen LogP contribution in [0.4, 0.5) is 0 Å². The van der Waals surface area contributed by atoms with Crippen LogP contribution in [0.1, 0.15) is 83.2 Å². The molecule has 0 fully saturated rings. The Kier molecular flexibility index (Phi) is 14.6. The Hall–Kier alpha value is -4.14. The van der Waals surface area contributed by atoms with Gasteiger partial charge in [-0.25, -0.2) is 0 Å². The third kappa shape index (κ3) is 12.0. The lowest BCUT2D eigenvalue weighted by molar-refractivity contribution is -0.135. The largest absolute Gasteiger partial charge is 0.427 e. The van der Waals surface area contributed by atoms with Gasteiger partial charge >= 0.3 is 11.9 Å². The fourth-order valence-electron chi connectivity index (χ4n) is 4.56. The number of ether oxygens (including phenoxy) is 2. The summed E-state index contributed by atoms with van der Waals surface area (Å²) in [6.07, 6.45) is 6.28. The van der Waals surface area contributed by atoms with Gasteiger partial charge in [0.25, 0.3) is 0 Å². The molecule has 8 heteroatoms. The van der Waals surface area contributed by atoms with Gasteiger partial charge < -0.3 is 9.47 Å². The van der Waals surface area contributed by atoms with Gasteiger partial charge in [0.2, 0.25) is 0 Å². The molecule has 4 aromatic rings. The van der Waals surface area contributed by atoms with Crippen LogP contribution >= 0.6 is 21.6 Å². The zero-order valence-electron chi connectivity index (χ0n) is 25.7. The first-order valence-electron chi connectivity index (χ1n) is 15.5. The monoisotopic (exact) mass is 654 g/mol. The van der Waals surface area contributed by atoms with Gasteiger partial charge in [0.1, 0.15) is 11.5 Å². The first-order valence-corrected chi connectivity index (χ1v) is 18.0. The van der Waals surface area contributed by atoms with Crippen molar-refractivity contribution in [2.75, 3.05) is 11.5 Å². The third-order valence-corrected chi connectivity index (χ3v) is 9.65. The van der Waals surface area contributed by atoms with Crippen molar-refractivity contribution in [3.63, 3.8) is 0 Å². The highest BCUT2D eigenvalue weighted by molar-refractivity contribution is 8.76. The van der Waals surface area contributed by atoms with Crippen LogP contribution in [0.25, 0.3) is 0 Å². The minimum atomic E-state index is -0.263. The molecule has 0 heterocycles. The van der Waals surface area contributed by atoms with Gasteiger partial charge in [0, 0.05) is 46.6 Å². The minimum absolute atomic E-state index is 0.0638. The zero-order valence-corrected chi connectivity index (χ0v) is 27.4. The standard InChI is InChI=1S/C38H38O6S2/c39-35(43-33-23-19-31(20-24-33)37(41)29-13-5-1-6-14-29)17-9-3-11-27-45-46-28-12-4-10-18-36(40)44-34-25-21-32(22-26-34)38(42)30-15-7-2-8-16-30/h1-2,5-8,13-16,19-26H,3-4,9-12,17-18,27-28H2. The number of hydrogen-bond acceptors (Lipinski definition) is 8. The van der Waals surface area contributed by atoms with E-state index in [-0.39, 0.29) is 23.5 Å². The Bertz CT molecular complexity index is 1420. The normalized spacial score (nSPS) is 10.7. The first-order chi connectivity index (χ1) is 22.5. The number of ketones is 2. The summed E-state index contributed by atoms with van der Waals surface area (Å²) in [5.41, 5.74) is 2.36. The molecule has 0 bridgehead atoms. The molecule has 0 saturated heterocycles. The Morgan fingerprint density at radius 1 is 0.413 bits per heavy atom. The Balaban J connectivity index is 0.963. The molecule has 238 valence electrons. The summed E-state index contributed by atoms with van der Waals surface area (Å²) in [6, 6.07) is 31.5. The molecule has 0 amide bonds. The van der Waals surface area contributed by atoms with Crippen molar-refractivity contribution in [3.05, 3.63) is 131 Å². The second kappa shape index (κ2) is 19.4. The van der Waals surface area contributed by atoms with E-state index in [0.29, 0.717) is 46.6 Å². The van der Waals surface area contributed by atoms with E-state index in [1.165, 1.54) is 0 Å². The van der Waals surface area contributed by atoms with Crippen LogP contribution in [-0.2, 0) is 9.59 Å². The molecule has 0 aliphatic rings. The Morgan fingerprint density at radius 2 is 0.761 bits per heavy atom. The number of carbonyl (C=O) groups is 4. The molecule has 0 atom stereocenters. The highest BCUT2D eigenvalue weighted by atomic mass is 33.1. The molecule has 0 unspecified atom stereocenters. The van der Waals surface area contributed by atoms with Crippen LogP contribution in [0.3, 0.4) is 0 Å². The zero-order chi connectivity index (χ0) is 32.4. The van der Waals surface area contributed by atoms with Gasteiger partial charge in [-0.1, -0.05) is 95.1 Å². The summed E-state index contributed by atoms with van der Waals surface area (Å²) in [7, 11) is 3.68. The van der Waals surface area contributed by atoms with Crippen molar-refractivity contribution in [2.45, 2.75) is 51.4 Å². The number of esters is 2. The van der Waals surface area contributed by atoms with E-state index >= 15 is 0 Å². The van der Waals surface area contributed by atoms with Crippen molar-refractivity contribution in [2.24, 2.45) is 0 Å². The molecule has 4 rings (SSSR count). The van der Waals surface area contributed by atoms with Gasteiger partial charge in [-0.2, -0.15) is 0 Å². The van der Waals surface area contributed by atoms with Crippen LogP contribution in [0.5, 0.6) is 11.5 Å². The van der Waals surface area contributed by atoms with Crippen molar-refractivity contribution < 1.29 is 28.7 Å². The molecule has 0 spiro atoms. The van der Waals surface area contributed by atoms with E-state index in [9.17, 15) is 19.2 Å². The molecule has 0 aliphatic carbocycles. The molecule has 6 nitrogen and oxygen atoms in total. The van der Waals surface area contributed by atoms with Crippen LogP contribution in [0.15, 0.2) is 109 Å². The van der Waals surface area contributed by atoms with Crippen molar-refractivity contribution in [1.29, 1.82) is 0 Å². The average Bonchev–Trinajstić information content (AvgIpc) is 3.09. The summed E-state index contributed by atoms with van der Waals surface area (Å²) in [4.78, 5) is 49.4. The number of benzene rings is 4. The maximum absolute atomic E-state index is 12.5. The van der Waals surface area contributed by atoms with E-state index in [1.54, 1.807) is 72.8 Å². The summed E-state index contributed by atoms with van der Waals surface area (Å²) >= 11 is 0. The topological polar surface area (TPSA) is 86.7 Å². The molecule has 0 N–H and O–H groups in total. The molecule has 0 radical (unpaired) electrons. The molecular formula is C38H38O6S2. The van der Waals surface area contributed by atoms with Crippen LogP contribution in [0.2, 0.25) is 0 Å². The van der Waals surface area contributed by atoms with Gasteiger partial charge in [-0.3, -0.25) is 19.2 Å². The lowest BCUT2D eigenvalue weighted by Crippen LogP contribution is -2.08. The summed E-state index contributed by atoms with van der Waals surface area (Å²) < 4.78 is 10.8. The van der Waals surface area contributed by atoms with E-state index in [0.717, 1.165) is 50.0 Å². The van der Waals surface area contributed by atoms with Crippen LogP contribution < -0.4 is 9.47 Å². The molecule has 0 aromatic heterocycles. The summed E-state index contributed by atoms with van der Waals surface area (Å²) in [5, 5.41) is 0. The molecule has 4 aromatic carbocycles. The summed E-state index contributed by atoms with van der Waals surface area (Å²) in [6.45, 7) is 0. The molecule has 0 aliphatic heterocycles. The van der Waals surface area contributed by atoms with E-state index < -0.39 is 0 Å². The third-order valence-electron chi connectivity index (χ3n) is 7.07. The van der Waals surface area contributed by atoms with Crippen LogP contribution in [0, 0.1) is 0 Å². The van der Waals surface area contributed by atoms with E-state index in [4.69, 9.17) is 9.47 Å². The first kappa shape index (κ1) is 34.7. The average molecular weight is 655 g/mol. The predicted octanol–water partition coefficient (Wildman–Crippen LogP) is 9.16. The lowest BCUT2D eigenvalue weighted by Gasteiger charge is -2.06. The lowest BCUT2D eigenvalue weighted by atomic mass is 10.0. The smallest absolute Gasteiger partial charge is 0.311 e. The quantitative estimate of drug-likeness (QED) is 0.0325. The van der Waals surface area contributed by atoms with Gasteiger partial charge in [0.05, 0.1) is 0 Å². The van der Waals surface area contributed by atoms with Crippen molar-refractivity contribution in [3.8, 4) is 11.5 Å². The van der Waals surface area contributed by atoms with Gasteiger partial charge in [-0.15, -0.1) is 0 Å². The van der Waals surface area contributed by atoms with Gasteiger partial charge in [-0.05, 0) is 74.2 Å². The van der Waals surface area contributed by atoms with Crippen molar-refractivity contribution in [1.82, 2.24) is 0 Å². The van der Waals surface area contributed by atoms with E-state index in [1.807, 2.05) is 58.0 Å².